The maximum Gasteiger partial charge on any atom is 0.318 e. The molecule has 1 unspecified atom stereocenters. The van der Waals surface area contributed by atoms with E-state index in [0.717, 1.165) is 44.9 Å². The molecule has 106 valence electrons. The standard InChI is InChI=1S/C13H23N5O/c1-3-4-12-14-15-13(19-12)18-8-7-17-6-5-16(2)9-11(17)10-18/h11H,3-10H2,1-2H3. The van der Waals surface area contributed by atoms with Crippen LogP contribution >= 0.6 is 0 Å². The number of fused-ring (bicyclic) bond motifs is 1. The molecular formula is C13H23N5O. The van der Waals surface area contributed by atoms with E-state index in [4.69, 9.17) is 4.42 Å². The molecule has 2 aliphatic rings. The average Bonchev–Trinajstić information content (AvgIpc) is 2.87. The van der Waals surface area contributed by atoms with Gasteiger partial charge in [-0.1, -0.05) is 12.0 Å². The summed E-state index contributed by atoms with van der Waals surface area (Å²) in [6.45, 7) is 8.71. The molecule has 0 bridgehead atoms. The number of hydrogen-bond acceptors (Lipinski definition) is 6. The summed E-state index contributed by atoms with van der Waals surface area (Å²) in [5.74, 6) is 0.765. The number of hydrogen-bond donors (Lipinski definition) is 0. The predicted molar refractivity (Wildman–Crippen MR) is 73.4 cm³/mol. The number of likely N-dealkylation sites (N-methyl/N-ethyl adjacent to an activating group) is 1. The second kappa shape index (κ2) is 5.46. The van der Waals surface area contributed by atoms with E-state index >= 15 is 0 Å². The van der Waals surface area contributed by atoms with Crippen LogP contribution in [0.4, 0.5) is 6.01 Å². The third kappa shape index (κ3) is 2.74. The minimum absolute atomic E-state index is 0.592. The van der Waals surface area contributed by atoms with Gasteiger partial charge in [0.05, 0.1) is 0 Å². The molecule has 0 aliphatic carbocycles. The topological polar surface area (TPSA) is 48.6 Å². The minimum atomic E-state index is 0.592. The molecule has 1 aromatic rings. The van der Waals surface area contributed by atoms with Gasteiger partial charge in [0, 0.05) is 51.7 Å². The Labute approximate surface area is 114 Å². The van der Waals surface area contributed by atoms with Crippen molar-refractivity contribution in [3.63, 3.8) is 0 Å². The number of aryl methyl sites for hydroxylation is 1. The summed E-state index contributed by atoms with van der Waals surface area (Å²) in [5, 5.41) is 8.31. The van der Waals surface area contributed by atoms with E-state index in [1.165, 1.54) is 13.1 Å². The Bertz CT molecular complexity index is 421. The van der Waals surface area contributed by atoms with Crippen molar-refractivity contribution in [3.8, 4) is 0 Å². The van der Waals surface area contributed by atoms with Gasteiger partial charge in [0.25, 0.3) is 0 Å². The average molecular weight is 265 g/mol. The van der Waals surface area contributed by atoms with Crippen molar-refractivity contribution in [2.24, 2.45) is 0 Å². The molecule has 0 radical (unpaired) electrons. The zero-order chi connectivity index (χ0) is 13.2. The molecule has 0 spiro atoms. The molecular weight excluding hydrogens is 242 g/mol. The smallest absolute Gasteiger partial charge is 0.318 e. The molecule has 2 fully saturated rings. The first-order chi connectivity index (χ1) is 9.26. The summed E-state index contributed by atoms with van der Waals surface area (Å²) in [6.07, 6.45) is 1.92. The monoisotopic (exact) mass is 265 g/mol. The van der Waals surface area contributed by atoms with Crippen molar-refractivity contribution >= 4 is 6.01 Å². The lowest BCUT2D eigenvalue weighted by atomic mass is 10.1. The quantitative estimate of drug-likeness (QED) is 0.791. The summed E-state index contributed by atoms with van der Waals surface area (Å²) < 4.78 is 5.74. The largest absolute Gasteiger partial charge is 0.408 e. The van der Waals surface area contributed by atoms with Crippen LogP contribution in [0, 0.1) is 0 Å². The van der Waals surface area contributed by atoms with Crippen molar-refractivity contribution < 1.29 is 4.42 Å². The molecule has 0 amide bonds. The lowest BCUT2D eigenvalue weighted by Gasteiger charge is -2.45. The highest BCUT2D eigenvalue weighted by Gasteiger charge is 2.32. The Morgan fingerprint density at radius 1 is 1.16 bits per heavy atom. The highest BCUT2D eigenvalue weighted by molar-refractivity contribution is 5.26. The molecule has 1 atom stereocenters. The van der Waals surface area contributed by atoms with Crippen LogP contribution in [0.15, 0.2) is 4.42 Å². The van der Waals surface area contributed by atoms with Crippen LogP contribution in [0.1, 0.15) is 19.2 Å². The van der Waals surface area contributed by atoms with Crippen molar-refractivity contribution in [2.45, 2.75) is 25.8 Å². The fourth-order valence-electron chi connectivity index (χ4n) is 2.97. The van der Waals surface area contributed by atoms with E-state index in [1.54, 1.807) is 0 Å². The second-order valence-corrected chi connectivity index (χ2v) is 5.63. The van der Waals surface area contributed by atoms with Gasteiger partial charge in [0.1, 0.15) is 0 Å². The molecule has 0 saturated carbocycles. The van der Waals surface area contributed by atoms with Gasteiger partial charge in [-0.15, -0.1) is 5.10 Å². The maximum absolute atomic E-state index is 5.74. The molecule has 2 aliphatic heterocycles. The van der Waals surface area contributed by atoms with Crippen LogP contribution in [0.25, 0.3) is 0 Å². The zero-order valence-corrected chi connectivity index (χ0v) is 11.9. The van der Waals surface area contributed by atoms with Crippen LogP contribution in [0.3, 0.4) is 0 Å². The van der Waals surface area contributed by atoms with E-state index in [9.17, 15) is 0 Å². The van der Waals surface area contributed by atoms with Gasteiger partial charge in [0.2, 0.25) is 5.89 Å². The number of nitrogens with zero attached hydrogens (tertiary/aromatic N) is 5. The summed E-state index contributed by atoms with van der Waals surface area (Å²) in [5.41, 5.74) is 0. The zero-order valence-electron chi connectivity index (χ0n) is 11.9. The third-order valence-corrected chi connectivity index (χ3v) is 4.09. The van der Waals surface area contributed by atoms with E-state index in [2.05, 4.69) is 38.9 Å². The second-order valence-electron chi connectivity index (χ2n) is 5.63. The number of anilines is 1. The predicted octanol–water partition coefficient (Wildman–Crippen LogP) is 0.458. The fourth-order valence-corrected chi connectivity index (χ4v) is 2.97. The van der Waals surface area contributed by atoms with Gasteiger partial charge < -0.3 is 14.2 Å². The molecule has 0 aromatic carbocycles. The van der Waals surface area contributed by atoms with Crippen molar-refractivity contribution in [2.75, 3.05) is 51.2 Å². The third-order valence-electron chi connectivity index (χ3n) is 4.09. The molecule has 3 rings (SSSR count). The highest BCUT2D eigenvalue weighted by Crippen LogP contribution is 2.20. The van der Waals surface area contributed by atoms with E-state index in [0.29, 0.717) is 12.1 Å². The first-order valence-electron chi connectivity index (χ1n) is 7.26. The molecule has 3 heterocycles. The Kier molecular flexibility index (Phi) is 3.70. The van der Waals surface area contributed by atoms with Crippen molar-refractivity contribution in [1.82, 2.24) is 20.0 Å². The lowest BCUT2D eigenvalue weighted by Crippen LogP contribution is -2.61. The normalized spacial score (nSPS) is 25.6. The molecule has 0 N–H and O–H groups in total. The maximum atomic E-state index is 5.74. The summed E-state index contributed by atoms with van der Waals surface area (Å²) in [4.78, 5) is 7.23. The Hall–Kier alpha value is -1.14. The van der Waals surface area contributed by atoms with E-state index < -0.39 is 0 Å². The van der Waals surface area contributed by atoms with Crippen LogP contribution < -0.4 is 4.90 Å². The van der Waals surface area contributed by atoms with Crippen LogP contribution in [-0.2, 0) is 6.42 Å². The van der Waals surface area contributed by atoms with Crippen LogP contribution in [0.5, 0.6) is 0 Å². The summed E-state index contributed by atoms with van der Waals surface area (Å²) in [6, 6.07) is 1.30. The first kappa shape index (κ1) is 12.9. The van der Waals surface area contributed by atoms with Gasteiger partial charge in [-0.05, 0) is 13.5 Å². The van der Waals surface area contributed by atoms with Crippen molar-refractivity contribution in [1.29, 1.82) is 0 Å². The first-order valence-corrected chi connectivity index (χ1v) is 7.26. The van der Waals surface area contributed by atoms with Crippen molar-refractivity contribution in [3.05, 3.63) is 5.89 Å². The van der Waals surface area contributed by atoms with Crippen LogP contribution in [0.2, 0.25) is 0 Å². The minimum Gasteiger partial charge on any atom is -0.408 e. The Morgan fingerprint density at radius 3 is 2.84 bits per heavy atom. The summed E-state index contributed by atoms with van der Waals surface area (Å²) >= 11 is 0. The number of piperazine rings is 2. The SMILES string of the molecule is CCCc1nnc(N2CCN3CCN(C)CC3C2)o1. The Morgan fingerprint density at radius 2 is 2.00 bits per heavy atom. The molecule has 6 nitrogen and oxygen atoms in total. The molecule has 1 aromatic heterocycles. The van der Waals surface area contributed by atoms with Gasteiger partial charge >= 0.3 is 6.01 Å². The van der Waals surface area contributed by atoms with E-state index in [-0.39, 0.29) is 0 Å². The molecule has 2 saturated heterocycles. The van der Waals surface area contributed by atoms with Gasteiger partial charge in [-0.2, -0.15) is 0 Å². The lowest BCUT2D eigenvalue weighted by molar-refractivity contribution is 0.0791. The van der Waals surface area contributed by atoms with Crippen LogP contribution in [-0.4, -0.2) is 72.4 Å². The Balaban J connectivity index is 1.65. The van der Waals surface area contributed by atoms with Gasteiger partial charge in [-0.25, -0.2) is 0 Å². The molecule has 6 heteroatoms. The molecule has 19 heavy (non-hydrogen) atoms. The van der Waals surface area contributed by atoms with Gasteiger partial charge in [-0.3, -0.25) is 4.90 Å². The fraction of sp³-hybridized carbons (Fsp3) is 0.846. The summed E-state index contributed by atoms with van der Waals surface area (Å²) in [7, 11) is 2.20. The van der Waals surface area contributed by atoms with Gasteiger partial charge in [0.15, 0.2) is 0 Å². The van der Waals surface area contributed by atoms with E-state index in [1.807, 2.05) is 0 Å². The highest BCUT2D eigenvalue weighted by atomic mass is 16.4. The number of rotatable bonds is 3. The number of aromatic nitrogens is 2.